The average Bonchev–Trinajstić information content (AvgIpc) is 2.89. The lowest BCUT2D eigenvalue weighted by Gasteiger charge is -2.23. The maximum absolute atomic E-state index is 12.4. The maximum atomic E-state index is 12.4. The van der Waals surface area contributed by atoms with Crippen molar-refractivity contribution in [3.63, 3.8) is 0 Å². The van der Waals surface area contributed by atoms with Crippen LogP contribution in [0.25, 0.3) is 0 Å². The lowest BCUT2D eigenvalue weighted by Crippen LogP contribution is -2.27. The Morgan fingerprint density at radius 3 is 2.50 bits per heavy atom. The number of carbonyl (C=O) groups excluding carboxylic acids is 2. The first-order chi connectivity index (χ1) is 12.6. The molecule has 0 fully saturated rings. The topological polar surface area (TPSA) is 88.9 Å². The second-order valence-corrected chi connectivity index (χ2v) is 5.04. The monoisotopic (exact) mass is 354 g/mol. The summed E-state index contributed by atoms with van der Waals surface area (Å²) in [6.07, 6.45) is 6.36. The summed E-state index contributed by atoms with van der Waals surface area (Å²) < 4.78 is 15.1. The van der Waals surface area contributed by atoms with Crippen LogP contribution in [-0.2, 0) is 19.1 Å². The fraction of sp³-hybridized carbons (Fsp3) is 0.211. The molecule has 0 bridgehead atoms. The Bertz CT molecular complexity index is 846. The van der Waals surface area contributed by atoms with Gasteiger partial charge in [-0.15, -0.1) is 0 Å². The number of carbonyl (C=O) groups is 2. The molecule has 2 rings (SSSR count). The smallest absolute Gasteiger partial charge is 0.355 e. The molecule has 1 heterocycles. The van der Waals surface area contributed by atoms with Crippen LogP contribution in [0, 0.1) is 11.3 Å². The Balaban J connectivity index is 2.65. The van der Waals surface area contributed by atoms with Gasteiger partial charge in [0, 0.05) is 18.0 Å². The summed E-state index contributed by atoms with van der Waals surface area (Å²) in [5, 5.41) is 9.20. The molecule has 7 heteroatoms. The van der Waals surface area contributed by atoms with Crippen molar-refractivity contribution < 1.29 is 23.8 Å². The molecule has 0 spiro atoms. The van der Waals surface area contributed by atoms with Crippen molar-refractivity contribution in [3.05, 3.63) is 59.5 Å². The van der Waals surface area contributed by atoms with E-state index in [4.69, 9.17) is 14.2 Å². The van der Waals surface area contributed by atoms with E-state index < -0.39 is 11.9 Å². The van der Waals surface area contributed by atoms with Gasteiger partial charge in [0.15, 0.2) is 0 Å². The van der Waals surface area contributed by atoms with Gasteiger partial charge in [-0.25, -0.2) is 9.59 Å². The van der Waals surface area contributed by atoms with Crippen LogP contribution in [0.2, 0.25) is 0 Å². The molecule has 0 saturated carbocycles. The van der Waals surface area contributed by atoms with E-state index in [2.05, 4.69) is 6.07 Å². The van der Waals surface area contributed by atoms with E-state index >= 15 is 0 Å². The predicted molar refractivity (Wildman–Crippen MR) is 94.1 cm³/mol. The summed E-state index contributed by atoms with van der Waals surface area (Å²) in [5.74, 6) is -1.00. The highest BCUT2D eigenvalue weighted by Crippen LogP contribution is 2.31. The number of nitriles is 1. The number of anilines is 1. The second kappa shape index (κ2) is 8.53. The summed E-state index contributed by atoms with van der Waals surface area (Å²) in [4.78, 5) is 26.0. The number of methoxy groups -OCH3 is 2. The maximum Gasteiger partial charge on any atom is 0.355 e. The normalized spacial score (nSPS) is 13.1. The molecule has 0 N–H and O–H groups in total. The van der Waals surface area contributed by atoms with Gasteiger partial charge < -0.3 is 19.1 Å². The highest BCUT2D eigenvalue weighted by atomic mass is 16.5. The van der Waals surface area contributed by atoms with Crippen LogP contribution in [0.4, 0.5) is 5.69 Å². The molecule has 7 nitrogen and oxygen atoms in total. The van der Waals surface area contributed by atoms with E-state index in [1.807, 2.05) is 0 Å². The minimum Gasteiger partial charge on any atom is -0.492 e. The first-order valence-corrected chi connectivity index (χ1v) is 7.79. The Labute approximate surface area is 151 Å². The number of hydrogen-bond donors (Lipinski definition) is 0. The predicted octanol–water partition coefficient (Wildman–Crippen LogP) is 2.45. The largest absolute Gasteiger partial charge is 0.492 e. The minimum absolute atomic E-state index is 0.00324. The van der Waals surface area contributed by atoms with Crippen LogP contribution in [0.5, 0.6) is 5.75 Å². The van der Waals surface area contributed by atoms with E-state index in [-0.39, 0.29) is 11.3 Å². The number of benzene rings is 1. The van der Waals surface area contributed by atoms with Crippen LogP contribution in [0.3, 0.4) is 0 Å². The number of esters is 2. The Morgan fingerprint density at radius 1 is 1.15 bits per heavy atom. The van der Waals surface area contributed by atoms with Gasteiger partial charge in [-0.3, -0.25) is 0 Å². The van der Waals surface area contributed by atoms with Gasteiger partial charge in [-0.1, -0.05) is 6.08 Å². The molecule has 1 aliphatic rings. The lowest BCUT2D eigenvalue weighted by atomic mass is 10.1. The van der Waals surface area contributed by atoms with Crippen LogP contribution in [0.1, 0.15) is 12.5 Å². The minimum atomic E-state index is -0.705. The number of hydrogen-bond acceptors (Lipinski definition) is 7. The fourth-order valence-electron chi connectivity index (χ4n) is 2.39. The molecule has 1 aromatic carbocycles. The number of nitrogens with zero attached hydrogens (tertiary/aromatic N) is 2. The Kier molecular flexibility index (Phi) is 6.17. The average molecular weight is 354 g/mol. The summed E-state index contributed by atoms with van der Waals surface area (Å²) >= 11 is 0. The lowest BCUT2D eigenvalue weighted by molar-refractivity contribution is -0.139. The third-order valence-electron chi connectivity index (χ3n) is 3.55. The van der Waals surface area contributed by atoms with E-state index in [9.17, 15) is 14.9 Å². The van der Waals surface area contributed by atoms with Crippen LogP contribution >= 0.6 is 0 Å². The van der Waals surface area contributed by atoms with Gasteiger partial charge in [0.1, 0.15) is 17.5 Å². The van der Waals surface area contributed by atoms with Crippen molar-refractivity contribution in [1.82, 2.24) is 0 Å². The summed E-state index contributed by atoms with van der Waals surface area (Å²) in [5.41, 5.74) is 0.932. The first-order valence-electron chi connectivity index (χ1n) is 7.79. The van der Waals surface area contributed by atoms with Crippen molar-refractivity contribution in [2.75, 3.05) is 25.7 Å². The molecular weight excluding hydrogens is 336 g/mol. The van der Waals surface area contributed by atoms with Gasteiger partial charge in [0.25, 0.3) is 0 Å². The SMILES string of the molecule is CCOc1cc(N2C=CC=CC(C(=O)OC)=C2C(=O)OC)ccc1C#N. The van der Waals surface area contributed by atoms with Gasteiger partial charge in [-0.2, -0.15) is 5.26 Å². The van der Waals surface area contributed by atoms with Crippen molar-refractivity contribution in [1.29, 1.82) is 5.26 Å². The third-order valence-corrected chi connectivity index (χ3v) is 3.55. The molecule has 0 aliphatic carbocycles. The van der Waals surface area contributed by atoms with Gasteiger partial charge >= 0.3 is 11.9 Å². The molecule has 0 aromatic heterocycles. The van der Waals surface area contributed by atoms with Crippen molar-refractivity contribution in [3.8, 4) is 11.8 Å². The first kappa shape index (κ1) is 18.8. The van der Waals surface area contributed by atoms with Crippen LogP contribution in [0.15, 0.2) is 53.9 Å². The molecule has 1 aliphatic heterocycles. The van der Waals surface area contributed by atoms with E-state index in [0.717, 1.165) is 0 Å². The van der Waals surface area contributed by atoms with Crippen molar-refractivity contribution in [2.45, 2.75) is 6.92 Å². The zero-order valence-electron chi connectivity index (χ0n) is 14.7. The zero-order chi connectivity index (χ0) is 19.1. The van der Waals surface area contributed by atoms with Crippen LogP contribution in [-0.4, -0.2) is 32.8 Å². The molecular formula is C19H18N2O5. The Morgan fingerprint density at radius 2 is 1.88 bits per heavy atom. The van der Waals surface area contributed by atoms with E-state index in [1.165, 1.54) is 25.2 Å². The standard InChI is InChI=1S/C19H18N2O5/c1-4-26-16-11-14(9-8-13(16)12-20)21-10-6-5-7-15(18(22)24-2)17(21)19(23)25-3/h5-11H,4H2,1-3H3. The number of allylic oxidation sites excluding steroid dienone is 2. The van der Waals surface area contributed by atoms with Gasteiger partial charge in [0.05, 0.1) is 32.0 Å². The molecule has 26 heavy (non-hydrogen) atoms. The van der Waals surface area contributed by atoms with Crippen molar-refractivity contribution in [2.24, 2.45) is 0 Å². The van der Waals surface area contributed by atoms with Crippen LogP contribution < -0.4 is 9.64 Å². The molecule has 0 saturated heterocycles. The van der Waals surface area contributed by atoms with E-state index in [1.54, 1.807) is 43.5 Å². The quantitative estimate of drug-likeness (QED) is 0.750. The zero-order valence-corrected chi connectivity index (χ0v) is 14.7. The second-order valence-electron chi connectivity index (χ2n) is 5.04. The number of ether oxygens (including phenoxy) is 3. The molecule has 0 atom stereocenters. The summed E-state index contributed by atoms with van der Waals surface area (Å²) in [6, 6.07) is 6.90. The highest BCUT2D eigenvalue weighted by molar-refractivity contribution is 6.05. The number of rotatable bonds is 5. The van der Waals surface area contributed by atoms with Gasteiger partial charge in [-0.05, 0) is 31.2 Å². The highest BCUT2D eigenvalue weighted by Gasteiger charge is 2.27. The Hall–Kier alpha value is -3.53. The molecule has 1 aromatic rings. The molecule has 0 amide bonds. The molecule has 0 radical (unpaired) electrons. The summed E-state index contributed by atoms with van der Waals surface area (Å²) in [6.45, 7) is 2.18. The summed E-state index contributed by atoms with van der Waals surface area (Å²) in [7, 11) is 2.46. The van der Waals surface area contributed by atoms with E-state index in [0.29, 0.717) is 23.6 Å². The molecule has 134 valence electrons. The van der Waals surface area contributed by atoms with Crippen molar-refractivity contribution >= 4 is 17.6 Å². The fourth-order valence-corrected chi connectivity index (χ4v) is 2.39. The van der Waals surface area contributed by atoms with Gasteiger partial charge in [0.2, 0.25) is 0 Å². The molecule has 0 unspecified atom stereocenters. The third kappa shape index (κ3) is 3.75.